The number of allylic oxidation sites excluding steroid dienone is 5. The predicted octanol–water partition coefficient (Wildman–Crippen LogP) is 9.35. The van der Waals surface area contributed by atoms with Crippen molar-refractivity contribution < 1.29 is 66.3 Å². The van der Waals surface area contributed by atoms with Crippen LogP contribution in [-0.2, 0) is 46.5 Å². The standard InChI is InChI=1S/C41H74O14P2/c1-4-6-21-27-38-39(55-38)28-23-18-14-9-7-8-10-15-19-24-29-40(43)50-33-37(34-53-57(48,49)52-32-36(42)31-51-56(45,46)47)54-41(44)30-25-20-16-12-11-13-17-22-26-35(3)5-2/h7,9-10,15,18,23,35-39,42H,4-6,8,11-14,16-17,19-22,24-34H2,1-3H3,(H,48,49)(H2,45,46,47)/b9-7-,15-10-,23-18-/t35?,36-,37+,38?,39?/m0/s1. The Morgan fingerprint density at radius 2 is 1.28 bits per heavy atom. The minimum atomic E-state index is -4.87. The molecule has 4 N–H and O–H groups in total. The van der Waals surface area contributed by atoms with Crippen molar-refractivity contribution in [2.45, 2.75) is 180 Å². The lowest BCUT2D eigenvalue weighted by atomic mass is 9.99. The van der Waals surface area contributed by atoms with Crippen LogP contribution in [0.2, 0.25) is 0 Å². The fourth-order valence-electron chi connectivity index (χ4n) is 5.76. The molecule has 0 aromatic heterocycles. The van der Waals surface area contributed by atoms with Gasteiger partial charge in [0, 0.05) is 12.8 Å². The van der Waals surface area contributed by atoms with E-state index in [0.29, 0.717) is 31.5 Å². The van der Waals surface area contributed by atoms with Gasteiger partial charge in [0.05, 0.1) is 32.0 Å². The number of unbranched alkanes of at least 4 members (excludes halogenated alkanes) is 10. The predicted molar refractivity (Wildman–Crippen MR) is 220 cm³/mol. The number of ether oxygens (including phenoxy) is 3. The summed E-state index contributed by atoms with van der Waals surface area (Å²) < 4.78 is 53.4. The molecular formula is C41H74O14P2. The van der Waals surface area contributed by atoms with E-state index in [1.807, 2.05) is 12.2 Å². The maximum atomic E-state index is 12.6. The first-order valence-corrected chi connectivity index (χ1v) is 24.2. The maximum absolute atomic E-state index is 12.6. The molecule has 0 spiro atoms. The van der Waals surface area contributed by atoms with Gasteiger partial charge in [-0.3, -0.25) is 23.2 Å². The summed E-state index contributed by atoms with van der Waals surface area (Å²) in [6, 6.07) is 0. The average molecular weight is 853 g/mol. The lowest BCUT2D eigenvalue weighted by Crippen LogP contribution is -2.30. The number of phosphoric acid groups is 2. The lowest BCUT2D eigenvalue weighted by molar-refractivity contribution is -0.161. The number of epoxide rings is 1. The first-order valence-electron chi connectivity index (χ1n) is 21.2. The number of phosphoric ester groups is 2. The molecule has 0 aromatic rings. The molecule has 1 aliphatic rings. The zero-order valence-electron chi connectivity index (χ0n) is 34.8. The van der Waals surface area contributed by atoms with E-state index in [4.69, 9.17) is 28.5 Å². The highest BCUT2D eigenvalue weighted by Crippen LogP contribution is 2.44. The highest BCUT2D eigenvalue weighted by molar-refractivity contribution is 7.47. The number of aliphatic hydroxyl groups excluding tert-OH is 1. The van der Waals surface area contributed by atoms with E-state index in [2.05, 4.69) is 54.1 Å². The van der Waals surface area contributed by atoms with Gasteiger partial charge < -0.3 is 34.0 Å². The second kappa shape index (κ2) is 33.1. The summed E-state index contributed by atoms with van der Waals surface area (Å²) >= 11 is 0. The molecule has 0 amide bonds. The van der Waals surface area contributed by atoms with Crippen molar-refractivity contribution in [1.29, 1.82) is 0 Å². The zero-order chi connectivity index (χ0) is 42.2. The number of carbonyl (C=O) groups is 2. The van der Waals surface area contributed by atoms with Gasteiger partial charge in [0.25, 0.3) is 0 Å². The number of carbonyl (C=O) groups excluding carboxylic acids is 2. The largest absolute Gasteiger partial charge is 0.472 e. The molecule has 16 heteroatoms. The first kappa shape index (κ1) is 53.3. The fourth-order valence-corrected chi connectivity index (χ4v) is 6.92. The Morgan fingerprint density at radius 1 is 0.684 bits per heavy atom. The van der Waals surface area contributed by atoms with Gasteiger partial charge in [-0.1, -0.05) is 134 Å². The summed E-state index contributed by atoms with van der Waals surface area (Å²) in [5.41, 5.74) is 0. The third-order valence-corrected chi connectivity index (χ3v) is 10.9. The van der Waals surface area contributed by atoms with E-state index in [1.54, 1.807) is 0 Å². The molecule has 0 bridgehead atoms. The topological polar surface area (TPSA) is 208 Å². The molecular weight excluding hydrogens is 778 g/mol. The summed E-state index contributed by atoms with van der Waals surface area (Å²) in [5.74, 6) is -0.320. The van der Waals surface area contributed by atoms with Gasteiger partial charge in [-0.05, 0) is 50.9 Å². The highest BCUT2D eigenvalue weighted by atomic mass is 31.2. The van der Waals surface area contributed by atoms with E-state index in [0.717, 1.165) is 50.9 Å². The Balaban J connectivity index is 2.40. The number of esters is 2. The fraction of sp³-hybridized carbons (Fsp3) is 0.805. The Kier molecular flexibility index (Phi) is 30.9. The van der Waals surface area contributed by atoms with E-state index in [9.17, 15) is 28.7 Å². The van der Waals surface area contributed by atoms with Gasteiger partial charge in [0.1, 0.15) is 12.7 Å². The van der Waals surface area contributed by atoms with Crippen molar-refractivity contribution >= 4 is 27.6 Å². The molecule has 6 atom stereocenters. The minimum Gasteiger partial charge on any atom is -0.462 e. The van der Waals surface area contributed by atoms with E-state index in [-0.39, 0.29) is 12.8 Å². The molecule has 0 saturated carbocycles. The SMILES string of the molecule is CCCCCC1OC1C/C=C\C/C=C\C/C=C\CCCC(=O)OC[C@H](COP(=O)(O)OC[C@@H](O)COP(=O)(O)O)OC(=O)CCCCCCCCCCC(C)CC. The molecule has 0 radical (unpaired) electrons. The van der Waals surface area contributed by atoms with Crippen LogP contribution in [0.25, 0.3) is 0 Å². The average Bonchev–Trinajstić information content (AvgIpc) is 3.92. The third kappa shape index (κ3) is 33.8. The number of rotatable bonds is 38. The molecule has 1 rings (SSSR count). The molecule has 0 aliphatic carbocycles. The van der Waals surface area contributed by atoms with Crippen LogP contribution in [0.3, 0.4) is 0 Å². The van der Waals surface area contributed by atoms with Crippen molar-refractivity contribution in [3.8, 4) is 0 Å². The van der Waals surface area contributed by atoms with Crippen LogP contribution in [0, 0.1) is 5.92 Å². The second-order valence-electron chi connectivity index (χ2n) is 14.9. The Bertz CT molecular complexity index is 1240. The minimum absolute atomic E-state index is 0.116. The number of hydrogen-bond donors (Lipinski definition) is 4. The lowest BCUT2D eigenvalue weighted by Gasteiger charge is -2.20. The van der Waals surface area contributed by atoms with Gasteiger partial charge in [0.2, 0.25) is 0 Å². The van der Waals surface area contributed by atoms with Crippen LogP contribution in [0.15, 0.2) is 36.5 Å². The van der Waals surface area contributed by atoms with Gasteiger partial charge in [-0.25, -0.2) is 9.13 Å². The summed E-state index contributed by atoms with van der Waals surface area (Å²) in [4.78, 5) is 52.6. The summed E-state index contributed by atoms with van der Waals surface area (Å²) in [5, 5.41) is 9.73. The Morgan fingerprint density at radius 3 is 1.95 bits per heavy atom. The molecule has 332 valence electrons. The highest BCUT2D eigenvalue weighted by Gasteiger charge is 2.36. The molecule has 1 fully saturated rings. The van der Waals surface area contributed by atoms with Crippen LogP contribution in [0.5, 0.6) is 0 Å². The summed E-state index contributed by atoms with van der Waals surface area (Å²) in [6.45, 7) is 3.95. The van der Waals surface area contributed by atoms with Gasteiger partial charge in [0.15, 0.2) is 6.10 Å². The van der Waals surface area contributed by atoms with Gasteiger partial charge >= 0.3 is 27.6 Å². The van der Waals surface area contributed by atoms with Crippen LogP contribution in [0.1, 0.15) is 156 Å². The van der Waals surface area contributed by atoms with Crippen LogP contribution < -0.4 is 0 Å². The first-order chi connectivity index (χ1) is 27.2. The second-order valence-corrected chi connectivity index (χ2v) is 17.6. The normalized spacial score (nSPS) is 18.6. The monoisotopic (exact) mass is 852 g/mol. The number of aliphatic hydroxyl groups is 1. The summed E-state index contributed by atoms with van der Waals surface area (Å²) in [6.07, 6.45) is 30.5. The van der Waals surface area contributed by atoms with Crippen molar-refractivity contribution in [1.82, 2.24) is 0 Å². The molecule has 14 nitrogen and oxygen atoms in total. The summed E-state index contributed by atoms with van der Waals surface area (Å²) in [7, 11) is -9.68. The van der Waals surface area contributed by atoms with Gasteiger partial charge in [-0.15, -0.1) is 0 Å². The van der Waals surface area contributed by atoms with Crippen molar-refractivity contribution in [2.75, 3.05) is 26.4 Å². The van der Waals surface area contributed by atoms with E-state index in [1.165, 1.54) is 57.8 Å². The van der Waals surface area contributed by atoms with E-state index < -0.39 is 66.2 Å². The molecule has 0 aromatic carbocycles. The third-order valence-electron chi connectivity index (χ3n) is 9.49. The van der Waals surface area contributed by atoms with Crippen molar-refractivity contribution in [3.05, 3.63) is 36.5 Å². The van der Waals surface area contributed by atoms with Crippen molar-refractivity contribution in [3.63, 3.8) is 0 Å². The van der Waals surface area contributed by atoms with Crippen molar-refractivity contribution in [2.24, 2.45) is 5.92 Å². The molecule has 1 heterocycles. The molecule has 1 saturated heterocycles. The molecule has 4 unspecified atom stereocenters. The molecule has 57 heavy (non-hydrogen) atoms. The number of hydrogen-bond acceptors (Lipinski definition) is 11. The van der Waals surface area contributed by atoms with Crippen LogP contribution in [-0.4, -0.2) is 82.6 Å². The Hall–Kier alpha value is -1.70. The van der Waals surface area contributed by atoms with Crippen LogP contribution >= 0.6 is 15.6 Å². The zero-order valence-corrected chi connectivity index (χ0v) is 36.6. The van der Waals surface area contributed by atoms with Crippen LogP contribution in [0.4, 0.5) is 0 Å². The quantitative estimate of drug-likeness (QED) is 0.0150. The maximum Gasteiger partial charge on any atom is 0.472 e. The Labute approximate surface area is 342 Å². The van der Waals surface area contributed by atoms with Gasteiger partial charge in [-0.2, -0.15) is 0 Å². The smallest absolute Gasteiger partial charge is 0.462 e. The van der Waals surface area contributed by atoms with E-state index >= 15 is 0 Å². The molecule has 1 aliphatic heterocycles.